The standard InChI is InChI=1S/C8H18B2O5/c1-8(12)6(15-10-3)5(4-13-9-2)14-7(8)11/h5-7,9-12H,4H2,1-3H3/t5-,6-,7+,8-/m1/s1/i9D,10D. The summed E-state index contributed by atoms with van der Waals surface area (Å²) in [7, 11) is -1.58. The molecule has 1 heterocycles. The lowest BCUT2D eigenvalue weighted by molar-refractivity contribution is -0.168. The predicted octanol–water partition coefficient (Wildman–Crippen LogP) is -1.34. The number of ether oxygens (including phenoxy) is 1. The van der Waals surface area contributed by atoms with E-state index in [1.807, 2.05) is 0 Å². The molecule has 0 aliphatic carbocycles. The molecular formula is C8H18B2O5. The van der Waals surface area contributed by atoms with Crippen LogP contribution in [0.4, 0.5) is 0 Å². The third-order valence-electron chi connectivity index (χ3n) is 2.43. The van der Waals surface area contributed by atoms with Crippen LogP contribution in [-0.2, 0) is 14.0 Å². The molecule has 0 amide bonds. The SMILES string of the molecule is [2H]B(C)OC[C@H]1O[C@H](O)[C@](C)(O)[C@@H]1OB([2H])C. The summed E-state index contributed by atoms with van der Waals surface area (Å²) in [4.78, 5) is 0. The van der Waals surface area contributed by atoms with Crippen LogP contribution in [0.5, 0.6) is 0 Å². The minimum Gasteiger partial charge on any atom is -0.437 e. The molecule has 86 valence electrons. The molecule has 2 N–H and O–H groups in total. The first kappa shape index (κ1) is 10.1. The Morgan fingerprint density at radius 3 is 2.73 bits per heavy atom. The summed E-state index contributed by atoms with van der Waals surface area (Å²) in [5.41, 5.74) is -1.59. The van der Waals surface area contributed by atoms with E-state index >= 15 is 0 Å². The summed E-state index contributed by atoms with van der Waals surface area (Å²) in [6.45, 7) is 4.46. The van der Waals surface area contributed by atoms with Crippen molar-refractivity contribution in [1.82, 2.24) is 0 Å². The molecule has 1 aliphatic rings. The second-order valence-corrected chi connectivity index (χ2v) is 3.61. The molecule has 1 rings (SSSR count). The zero-order valence-electron chi connectivity index (χ0n) is 11.2. The molecule has 1 aliphatic heterocycles. The molecule has 15 heavy (non-hydrogen) atoms. The second-order valence-electron chi connectivity index (χ2n) is 3.61. The lowest BCUT2D eigenvalue weighted by Crippen LogP contribution is -2.48. The van der Waals surface area contributed by atoms with E-state index in [9.17, 15) is 10.2 Å². The minimum absolute atomic E-state index is 0.0231. The monoisotopic (exact) mass is 218 g/mol. The van der Waals surface area contributed by atoms with Crippen molar-refractivity contribution >= 4 is 14.9 Å². The predicted molar refractivity (Wildman–Crippen MR) is 58.4 cm³/mol. The molecule has 0 spiro atoms. The van der Waals surface area contributed by atoms with Crippen molar-refractivity contribution in [3.63, 3.8) is 0 Å². The number of rotatable bonds is 5. The van der Waals surface area contributed by atoms with Crippen LogP contribution in [0.3, 0.4) is 0 Å². The Morgan fingerprint density at radius 2 is 2.20 bits per heavy atom. The highest BCUT2D eigenvalue weighted by atomic mass is 16.7. The van der Waals surface area contributed by atoms with Crippen LogP contribution in [0.25, 0.3) is 0 Å². The summed E-state index contributed by atoms with van der Waals surface area (Å²) in [5.74, 6) is 0. The van der Waals surface area contributed by atoms with Gasteiger partial charge in [-0.15, -0.1) is 0 Å². The van der Waals surface area contributed by atoms with Crippen molar-refractivity contribution < 1.29 is 24.3 Å². The summed E-state index contributed by atoms with van der Waals surface area (Å²) < 4.78 is 30.0. The fourth-order valence-corrected chi connectivity index (χ4v) is 1.58. The molecule has 0 unspecified atom stereocenters. The smallest absolute Gasteiger partial charge is 0.272 e. The normalized spacial score (nSPS) is 42.3. The minimum atomic E-state index is -1.59. The third kappa shape index (κ3) is 2.73. The van der Waals surface area contributed by atoms with Crippen LogP contribution < -0.4 is 0 Å². The molecule has 1 saturated heterocycles. The van der Waals surface area contributed by atoms with Crippen molar-refractivity contribution in [2.45, 2.75) is 44.7 Å². The summed E-state index contributed by atoms with van der Waals surface area (Å²) in [5, 5.41) is 19.6. The molecule has 4 atom stereocenters. The highest BCUT2D eigenvalue weighted by Crippen LogP contribution is 2.31. The van der Waals surface area contributed by atoms with Crippen molar-refractivity contribution in [2.24, 2.45) is 0 Å². The van der Waals surface area contributed by atoms with Gasteiger partial charge in [0.15, 0.2) is 6.29 Å². The molecule has 0 bridgehead atoms. The van der Waals surface area contributed by atoms with Crippen LogP contribution in [0.2, 0.25) is 13.6 Å². The highest BCUT2D eigenvalue weighted by Gasteiger charge is 2.52. The zero-order chi connectivity index (χ0) is 13.2. The second kappa shape index (κ2) is 5.32. The van der Waals surface area contributed by atoms with Crippen LogP contribution >= 0.6 is 0 Å². The molecule has 5 nitrogen and oxygen atoms in total. The van der Waals surface area contributed by atoms with Gasteiger partial charge in [-0.3, -0.25) is 0 Å². The molecule has 1 fully saturated rings. The lowest BCUT2D eigenvalue weighted by atomic mass is 9.94. The maximum Gasteiger partial charge on any atom is 0.272 e. The van der Waals surface area contributed by atoms with Gasteiger partial charge in [0.25, 0.3) is 14.9 Å². The molecule has 7 heteroatoms. The molecule has 0 aromatic rings. The van der Waals surface area contributed by atoms with Gasteiger partial charge >= 0.3 is 0 Å². The first-order chi connectivity index (χ1) is 7.75. The quantitative estimate of drug-likeness (QED) is 0.558. The van der Waals surface area contributed by atoms with Gasteiger partial charge in [0.2, 0.25) is 0 Å². The Labute approximate surface area is 94.0 Å². The molecular weight excluding hydrogens is 198 g/mol. The van der Waals surface area contributed by atoms with Gasteiger partial charge in [-0.2, -0.15) is 0 Å². The van der Waals surface area contributed by atoms with Crippen LogP contribution in [-0.4, -0.2) is 58.5 Å². The Hall–Kier alpha value is -0.0701. The summed E-state index contributed by atoms with van der Waals surface area (Å²) in [6, 6.07) is 0. The van der Waals surface area contributed by atoms with Gasteiger partial charge in [0, 0.05) is 2.67 Å². The topological polar surface area (TPSA) is 68.2 Å². The highest BCUT2D eigenvalue weighted by molar-refractivity contribution is 6.25. The van der Waals surface area contributed by atoms with E-state index in [0.717, 1.165) is 0 Å². The lowest BCUT2D eigenvalue weighted by Gasteiger charge is -2.27. The Morgan fingerprint density at radius 1 is 1.53 bits per heavy atom. The Balaban J connectivity index is 2.68. The first-order valence-electron chi connectivity index (χ1n) is 6.08. The van der Waals surface area contributed by atoms with Gasteiger partial charge in [0.1, 0.15) is 17.8 Å². The number of hydrogen-bond acceptors (Lipinski definition) is 5. The van der Waals surface area contributed by atoms with Gasteiger partial charge in [-0.05, 0) is 6.92 Å². The van der Waals surface area contributed by atoms with Crippen molar-refractivity contribution in [2.75, 3.05) is 6.61 Å². The van der Waals surface area contributed by atoms with Crippen molar-refractivity contribution in [3.8, 4) is 0 Å². The van der Waals surface area contributed by atoms with Crippen LogP contribution in [0, 0.1) is 0 Å². The van der Waals surface area contributed by atoms with E-state index in [2.05, 4.69) is 0 Å². The molecule has 0 radical (unpaired) electrons. The van der Waals surface area contributed by atoms with Crippen molar-refractivity contribution in [1.29, 1.82) is 2.67 Å². The largest absolute Gasteiger partial charge is 0.437 e. The van der Waals surface area contributed by atoms with E-state index in [-0.39, 0.29) is 6.61 Å². The molecule has 0 aromatic carbocycles. The maximum absolute atomic E-state index is 10.0. The fraction of sp³-hybridized carbons (Fsp3) is 1.00. The third-order valence-corrected chi connectivity index (χ3v) is 2.43. The summed E-state index contributed by atoms with van der Waals surface area (Å²) in [6.07, 6.45) is -2.94. The average Bonchev–Trinajstić information content (AvgIpc) is 2.38. The van der Waals surface area contributed by atoms with Gasteiger partial charge in [0.05, 0.1) is 6.61 Å². The zero-order valence-corrected chi connectivity index (χ0v) is 9.21. The van der Waals surface area contributed by atoms with Gasteiger partial charge in [-0.1, -0.05) is 13.6 Å². The molecule has 0 saturated carbocycles. The van der Waals surface area contributed by atoms with Crippen LogP contribution in [0.15, 0.2) is 0 Å². The van der Waals surface area contributed by atoms with Gasteiger partial charge in [-0.25, -0.2) is 0 Å². The average molecular weight is 218 g/mol. The van der Waals surface area contributed by atoms with Crippen LogP contribution in [0.1, 0.15) is 6.92 Å². The number of hydrogen-bond donors (Lipinski definition) is 2. The van der Waals surface area contributed by atoms with Crippen molar-refractivity contribution in [3.05, 3.63) is 0 Å². The molecule has 0 aromatic heterocycles. The number of aliphatic hydroxyl groups excluding tert-OH is 1. The van der Waals surface area contributed by atoms with E-state index in [0.29, 0.717) is 0 Å². The fourth-order valence-electron chi connectivity index (χ4n) is 1.58. The van der Waals surface area contributed by atoms with E-state index in [1.54, 1.807) is 6.82 Å². The summed E-state index contributed by atoms with van der Waals surface area (Å²) >= 11 is 0. The Kier molecular flexibility index (Phi) is 3.58. The van der Waals surface area contributed by atoms with E-state index < -0.39 is 39.0 Å². The number of aliphatic hydroxyl groups is 2. The Bertz CT molecular complexity index is 254. The first-order valence-corrected chi connectivity index (χ1v) is 4.92. The van der Waals surface area contributed by atoms with E-state index in [4.69, 9.17) is 16.7 Å². The van der Waals surface area contributed by atoms with Gasteiger partial charge < -0.3 is 24.3 Å². The van der Waals surface area contributed by atoms with E-state index in [1.165, 1.54) is 13.7 Å². The maximum atomic E-state index is 10.0.